The molecule has 30 heavy (non-hydrogen) atoms. The summed E-state index contributed by atoms with van der Waals surface area (Å²) in [6.07, 6.45) is 5.90. The van der Waals surface area contributed by atoms with Crippen LogP contribution in [0.25, 0.3) is 11.1 Å². The Morgan fingerprint density at radius 3 is 2.60 bits per heavy atom. The van der Waals surface area contributed by atoms with Gasteiger partial charge in [0.25, 0.3) is 0 Å². The number of Topliss-reactive ketones (excluding diaryl/α,β-unsaturated/α-hetero) is 1. The maximum atomic E-state index is 12.5. The molecule has 0 unspecified atom stereocenters. The van der Waals surface area contributed by atoms with Crippen LogP contribution in [0.4, 0.5) is 5.69 Å². The Morgan fingerprint density at radius 1 is 1.10 bits per heavy atom. The number of aromatic nitrogens is 1. The highest BCUT2D eigenvalue weighted by Gasteiger charge is 2.26. The number of nitrogens with zero attached hydrogens (tertiary/aromatic N) is 2. The Bertz CT molecular complexity index is 1080. The third-order valence-corrected chi connectivity index (χ3v) is 6.01. The summed E-state index contributed by atoms with van der Waals surface area (Å²) >= 11 is 6.71. The lowest BCUT2D eigenvalue weighted by atomic mass is 9.98. The molecule has 1 amide bonds. The van der Waals surface area contributed by atoms with Crippen molar-refractivity contribution >= 4 is 29.0 Å². The number of pyridine rings is 1. The number of fused-ring (bicyclic) bond motifs is 1. The van der Waals surface area contributed by atoms with E-state index in [-0.39, 0.29) is 11.7 Å². The van der Waals surface area contributed by atoms with E-state index in [1.54, 1.807) is 12.4 Å². The van der Waals surface area contributed by atoms with Crippen molar-refractivity contribution in [2.45, 2.75) is 32.6 Å². The molecular formula is C25H23ClN2O2. The summed E-state index contributed by atoms with van der Waals surface area (Å²) in [5.41, 5.74) is 5.58. The van der Waals surface area contributed by atoms with E-state index in [4.69, 9.17) is 11.6 Å². The zero-order chi connectivity index (χ0) is 21.1. The van der Waals surface area contributed by atoms with E-state index in [0.29, 0.717) is 36.4 Å². The summed E-state index contributed by atoms with van der Waals surface area (Å²) in [6.45, 7) is 2.55. The number of halogens is 1. The van der Waals surface area contributed by atoms with Crippen molar-refractivity contribution in [3.63, 3.8) is 0 Å². The number of aryl methyl sites for hydroxylation is 1. The van der Waals surface area contributed by atoms with E-state index >= 15 is 0 Å². The smallest absolute Gasteiger partial charge is 0.226 e. The van der Waals surface area contributed by atoms with Gasteiger partial charge >= 0.3 is 0 Å². The number of carbonyl (C=O) groups excluding carboxylic acids is 2. The second-order valence-corrected chi connectivity index (χ2v) is 7.81. The molecule has 1 aliphatic rings. The number of carbonyl (C=O) groups is 2. The molecule has 2 heterocycles. The van der Waals surface area contributed by atoms with Gasteiger partial charge in [0, 0.05) is 48.6 Å². The topological polar surface area (TPSA) is 50.3 Å². The molecule has 0 N–H and O–H groups in total. The quantitative estimate of drug-likeness (QED) is 0.495. The highest BCUT2D eigenvalue weighted by atomic mass is 35.5. The van der Waals surface area contributed by atoms with E-state index < -0.39 is 0 Å². The normalized spacial score (nSPS) is 12.7. The van der Waals surface area contributed by atoms with Crippen LogP contribution in [0, 0.1) is 0 Å². The molecule has 2 aromatic carbocycles. The van der Waals surface area contributed by atoms with Gasteiger partial charge in [-0.15, -0.1) is 0 Å². The van der Waals surface area contributed by atoms with Gasteiger partial charge in [0.1, 0.15) is 0 Å². The molecule has 1 aromatic heterocycles. The third kappa shape index (κ3) is 4.01. The molecule has 152 valence electrons. The molecule has 0 radical (unpaired) electrons. The van der Waals surface area contributed by atoms with Gasteiger partial charge < -0.3 is 4.90 Å². The third-order valence-electron chi connectivity index (χ3n) is 5.58. The summed E-state index contributed by atoms with van der Waals surface area (Å²) < 4.78 is 0. The van der Waals surface area contributed by atoms with Crippen molar-refractivity contribution in [2.75, 3.05) is 11.4 Å². The monoisotopic (exact) mass is 418 g/mol. The number of ketones is 1. The second kappa shape index (κ2) is 8.80. The standard InChI is InChI=1S/C25H23ClN2O2/c1-2-24(30)28-15-13-21-22(28)11-10-20(25(21)26)18-6-8-19(9-7-18)23(29)12-5-17-4-3-14-27-16-17/h3-4,6-11,14,16H,2,5,12-13,15H2,1H3. The van der Waals surface area contributed by atoms with Crippen molar-refractivity contribution in [1.29, 1.82) is 0 Å². The van der Waals surface area contributed by atoms with Crippen molar-refractivity contribution < 1.29 is 9.59 Å². The first-order valence-electron chi connectivity index (χ1n) is 10.2. The van der Waals surface area contributed by atoms with Crippen LogP contribution in [0.1, 0.15) is 41.3 Å². The molecule has 0 aliphatic carbocycles. The molecule has 0 atom stereocenters. The lowest BCUT2D eigenvalue weighted by Gasteiger charge is -2.17. The molecule has 3 aromatic rings. The van der Waals surface area contributed by atoms with E-state index in [2.05, 4.69) is 4.98 Å². The Labute approximate surface area is 181 Å². The van der Waals surface area contributed by atoms with Gasteiger partial charge in [-0.3, -0.25) is 14.6 Å². The Morgan fingerprint density at radius 2 is 1.90 bits per heavy atom. The van der Waals surface area contributed by atoms with Gasteiger partial charge in [0.05, 0.1) is 5.02 Å². The summed E-state index contributed by atoms with van der Waals surface area (Å²) in [4.78, 5) is 30.6. The van der Waals surface area contributed by atoms with Crippen molar-refractivity contribution in [3.05, 3.63) is 82.6 Å². The highest BCUT2D eigenvalue weighted by molar-refractivity contribution is 6.34. The predicted octanol–water partition coefficient (Wildman–Crippen LogP) is 5.52. The van der Waals surface area contributed by atoms with E-state index in [0.717, 1.165) is 34.4 Å². The van der Waals surface area contributed by atoms with Crippen LogP contribution in [0.2, 0.25) is 5.02 Å². The van der Waals surface area contributed by atoms with E-state index in [1.165, 1.54) is 0 Å². The Balaban J connectivity index is 1.50. The molecule has 0 bridgehead atoms. The van der Waals surface area contributed by atoms with E-state index in [9.17, 15) is 9.59 Å². The van der Waals surface area contributed by atoms with Crippen LogP contribution in [-0.2, 0) is 17.6 Å². The zero-order valence-electron chi connectivity index (χ0n) is 16.9. The van der Waals surface area contributed by atoms with Gasteiger partial charge in [-0.2, -0.15) is 0 Å². The van der Waals surface area contributed by atoms with Crippen LogP contribution in [0.5, 0.6) is 0 Å². The zero-order valence-corrected chi connectivity index (χ0v) is 17.7. The number of anilines is 1. The van der Waals surface area contributed by atoms with Crippen LogP contribution >= 0.6 is 11.6 Å². The van der Waals surface area contributed by atoms with Gasteiger partial charge in [0.15, 0.2) is 5.78 Å². The van der Waals surface area contributed by atoms with Crippen molar-refractivity contribution in [2.24, 2.45) is 0 Å². The van der Waals surface area contributed by atoms with Crippen LogP contribution in [0.3, 0.4) is 0 Å². The number of hydrogen-bond donors (Lipinski definition) is 0. The van der Waals surface area contributed by atoms with Gasteiger partial charge in [0.2, 0.25) is 5.91 Å². The van der Waals surface area contributed by atoms with Gasteiger partial charge in [-0.1, -0.05) is 54.9 Å². The first kappa shape index (κ1) is 20.3. The fraction of sp³-hybridized carbons (Fsp3) is 0.240. The second-order valence-electron chi connectivity index (χ2n) is 7.44. The number of amides is 1. The molecule has 0 saturated heterocycles. The maximum absolute atomic E-state index is 12.5. The average Bonchev–Trinajstić information content (AvgIpc) is 3.23. The molecule has 1 aliphatic heterocycles. The summed E-state index contributed by atoms with van der Waals surface area (Å²) in [5, 5.41) is 0.689. The molecule has 0 saturated carbocycles. The lowest BCUT2D eigenvalue weighted by Crippen LogP contribution is -2.27. The highest BCUT2D eigenvalue weighted by Crippen LogP contribution is 2.40. The van der Waals surface area contributed by atoms with Gasteiger partial charge in [-0.25, -0.2) is 0 Å². The summed E-state index contributed by atoms with van der Waals surface area (Å²) in [6, 6.07) is 15.4. The molecule has 5 heteroatoms. The minimum Gasteiger partial charge on any atom is -0.312 e. The minimum atomic E-state index is 0.110. The number of rotatable bonds is 6. The molecule has 4 rings (SSSR count). The maximum Gasteiger partial charge on any atom is 0.226 e. The number of hydrogen-bond acceptors (Lipinski definition) is 3. The SMILES string of the molecule is CCC(=O)N1CCc2c1ccc(-c1ccc(C(=O)CCc3cccnc3)cc1)c2Cl. The first-order chi connectivity index (χ1) is 14.6. The fourth-order valence-corrected chi connectivity index (χ4v) is 4.27. The molecule has 4 nitrogen and oxygen atoms in total. The van der Waals surface area contributed by atoms with Crippen LogP contribution in [-0.4, -0.2) is 23.2 Å². The van der Waals surface area contributed by atoms with E-state index in [1.807, 2.05) is 60.4 Å². The predicted molar refractivity (Wildman–Crippen MR) is 120 cm³/mol. The molecule has 0 spiro atoms. The number of benzene rings is 2. The average molecular weight is 419 g/mol. The van der Waals surface area contributed by atoms with Crippen LogP contribution < -0.4 is 4.90 Å². The van der Waals surface area contributed by atoms with Crippen molar-refractivity contribution in [1.82, 2.24) is 4.98 Å². The van der Waals surface area contributed by atoms with Crippen LogP contribution in [0.15, 0.2) is 60.9 Å². The minimum absolute atomic E-state index is 0.110. The Hall–Kier alpha value is -2.98. The van der Waals surface area contributed by atoms with Gasteiger partial charge in [-0.05, 0) is 41.7 Å². The lowest BCUT2D eigenvalue weighted by molar-refractivity contribution is -0.118. The summed E-state index contributed by atoms with van der Waals surface area (Å²) in [7, 11) is 0. The largest absolute Gasteiger partial charge is 0.312 e. The Kier molecular flexibility index (Phi) is 5.96. The molecule has 0 fully saturated rings. The molecular weight excluding hydrogens is 396 g/mol. The fourth-order valence-electron chi connectivity index (χ4n) is 3.90. The van der Waals surface area contributed by atoms with Crippen molar-refractivity contribution in [3.8, 4) is 11.1 Å². The first-order valence-corrected chi connectivity index (χ1v) is 10.6. The summed E-state index contributed by atoms with van der Waals surface area (Å²) in [5.74, 6) is 0.228.